The summed E-state index contributed by atoms with van der Waals surface area (Å²) in [4.78, 5) is 10.2. The Morgan fingerprint density at radius 2 is 1.34 bits per heavy atom. The molecule has 4 nitrogen and oxygen atoms in total. The van der Waals surface area contributed by atoms with Gasteiger partial charge in [-0.1, -0.05) is 110 Å². The van der Waals surface area contributed by atoms with Crippen molar-refractivity contribution in [2.45, 2.75) is 0 Å². The molecule has 0 fully saturated rings. The molecule has 0 bridgehead atoms. The van der Waals surface area contributed by atoms with Gasteiger partial charge in [-0.2, -0.15) is 0 Å². The Hall–Kier alpha value is -6.00. The van der Waals surface area contributed by atoms with Crippen LogP contribution in [0.4, 0.5) is 0 Å². The van der Waals surface area contributed by atoms with E-state index in [2.05, 4.69) is 119 Å². The third-order valence-corrected chi connectivity index (χ3v) is 8.25. The first-order valence-electron chi connectivity index (χ1n) is 14.7. The highest BCUT2D eigenvalue weighted by Gasteiger charge is 2.17. The fourth-order valence-corrected chi connectivity index (χ4v) is 6.24. The number of fused-ring (bicyclic) bond motifs is 4. The van der Waals surface area contributed by atoms with Crippen molar-refractivity contribution in [2.75, 3.05) is 0 Å². The second kappa shape index (κ2) is 10.4. The van der Waals surface area contributed by atoms with E-state index < -0.39 is 0 Å². The molecule has 0 spiro atoms. The molecule has 8 rings (SSSR count). The molecule has 0 atom stereocenters. The van der Waals surface area contributed by atoms with E-state index in [1.54, 1.807) is 0 Å². The summed E-state index contributed by atoms with van der Waals surface area (Å²) in [6.45, 7) is 8.56. The predicted molar refractivity (Wildman–Crippen MR) is 184 cm³/mol. The summed E-state index contributed by atoms with van der Waals surface area (Å²) in [5.74, 6) is 0.683. The molecule has 3 heterocycles. The van der Waals surface area contributed by atoms with Crippen molar-refractivity contribution in [1.29, 1.82) is 0 Å². The van der Waals surface area contributed by atoms with Gasteiger partial charge in [0.15, 0.2) is 5.82 Å². The van der Waals surface area contributed by atoms with Crippen LogP contribution in [0.2, 0.25) is 0 Å². The molecule has 0 aliphatic carbocycles. The standard InChI is InChI=1S/C40H28N4/c1-3-13-36-27(2)33-23-22-29-24-25-43(31-17-8-5-9-18-31)38(29)39(33)44(36)32-19-12-16-30(26-32)40-41-35-21-11-10-20-34(35)37(42-40)28-14-6-4-7-15-28/h3-26H,1-2H2/b36-13+. The summed E-state index contributed by atoms with van der Waals surface area (Å²) in [7, 11) is 0. The number of hydrogen-bond donors (Lipinski definition) is 0. The summed E-state index contributed by atoms with van der Waals surface area (Å²) < 4.78 is 4.55. The Morgan fingerprint density at radius 1 is 0.614 bits per heavy atom. The van der Waals surface area contributed by atoms with Crippen LogP contribution in [0, 0.1) is 0 Å². The van der Waals surface area contributed by atoms with Crippen LogP contribution in [0.15, 0.2) is 146 Å². The maximum Gasteiger partial charge on any atom is 0.160 e. The summed E-state index contributed by atoms with van der Waals surface area (Å²) in [5.41, 5.74) is 8.16. The maximum absolute atomic E-state index is 5.14. The van der Waals surface area contributed by atoms with Gasteiger partial charge in [-0.3, -0.25) is 0 Å². The lowest BCUT2D eigenvalue weighted by atomic mass is 10.1. The normalized spacial score (nSPS) is 12.0. The quantitative estimate of drug-likeness (QED) is 0.211. The van der Waals surface area contributed by atoms with Crippen molar-refractivity contribution in [1.82, 2.24) is 19.1 Å². The summed E-state index contributed by atoms with van der Waals surface area (Å²) in [6.07, 6.45) is 6.01. The Kier molecular flexibility index (Phi) is 6.05. The van der Waals surface area contributed by atoms with Crippen LogP contribution in [0.1, 0.15) is 0 Å². The number of hydrogen-bond acceptors (Lipinski definition) is 2. The SMILES string of the molecule is C=C/C=c1\c(=C)c2ccc3ccn(-c4ccccc4)c3c2n1-c1cccc(-c2nc(-c3ccccc3)c3ccccc3n2)c1. The highest BCUT2D eigenvalue weighted by Crippen LogP contribution is 2.32. The number of benzene rings is 5. The lowest BCUT2D eigenvalue weighted by molar-refractivity contribution is 1.06. The van der Waals surface area contributed by atoms with Crippen molar-refractivity contribution < 1.29 is 0 Å². The Balaban J connectivity index is 1.41. The van der Waals surface area contributed by atoms with Gasteiger partial charge in [0.2, 0.25) is 0 Å². The van der Waals surface area contributed by atoms with Gasteiger partial charge in [-0.25, -0.2) is 9.97 Å². The summed E-state index contributed by atoms with van der Waals surface area (Å²) in [5, 5.41) is 5.24. The fraction of sp³-hybridized carbons (Fsp3) is 0. The fourth-order valence-electron chi connectivity index (χ4n) is 6.24. The molecule has 8 aromatic rings. The van der Waals surface area contributed by atoms with Gasteiger partial charge >= 0.3 is 0 Å². The molecule has 0 saturated carbocycles. The van der Waals surface area contributed by atoms with Crippen LogP contribution in [0.25, 0.3) is 79.4 Å². The highest BCUT2D eigenvalue weighted by atomic mass is 15.0. The molecule has 0 amide bonds. The van der Waals surface area contributed by atoms with E-state index >= 15 is 0 Å². The van der Waals surface area contributed by atoms with Crippen LogP contribution in [0.5, 0.6) is 0 Å². The van der Waals surface area contributed by atoms with E-state index in [9.17, 15) is 0 Å². The molecule has 0 aliphatic rings. The first kappa shape index (κ1) is 25.7. The topological polar surface area (TPSA) is 35.6 Å². The van der Waals surface area contributed by atoms with Crippen molar-refractivity contribution in [3.8, 4) is 34.0 Å². The van der Waals surface area contributed by atoms with E-state index in [-0.39, 0.29) is 0 Å². The van der Waals surface area contributed by atoms with E-state index in [0.717, 1.165) is 71.5 Å². The van der Waals surface area contributed by atoms with Crippen molar-refractivity contribution in [2.24, 2.45) is 0 Å². The lowest BCUT2D eigenvalue weighted by Gasteiger charge is -2.13. The van der Waals surface area contributed by atoms with Crippen LogP contribution in [-0.4, -0.2) is 19.1 Å². The van der Waals surface area contributed by atoms with Crippen molar-refractivity contribution in [3.05, 3.63) is 157 Å². The molecular weight excluding hydrogens is 536 g/mol. The third-order valence-electron chi connectivity index (χ3n) is 8.25. The largest absolute Gasteiger partial charge is 0.315 e. The lowest BCUT2D eigenvalue weighted by Crippen LogP contribution is -2.27. The zero-order valence-corrected chi connectivity index (χ0v) is 24.1. The third kappa shape index (κ3) is 4.08. The number of allylic oxidation sites excluding steroid dienone is 1. The van der Waals surface area contributed by atoms with Gasteiger partial charge < -0.3 is 9.13 Å². The predicted octanol–water partition coefficient (Wildman–Crippen LogP) is 8.23. The van der Waals surface area contributed by atoms with Crippen molar-refractivity contribution >= 4 is 45.4 Å². The molecule has 0 aliphatic heterocycles. The van der Waals surface area contributed by atoms with Crippen LogP contribution < -0.4 is 10.6 Å². The first-order valence-corrected chi connectivity index (χ1v) is 14.7. The smallest absolute Gasteiger partial charge is 0.160 e. The average molecular weight is 565 g/mol. The van der Waals surface area contributed by atoms with Gasteiger partial charge in [0, 0.05) is 50.1 Å². The second-order valence-corrected chi connectivity index (χ2v) is 10.9. The molecule has 0 saturated heterocycles. The van der Waals surface area contributed by atoms with E-state index in [1.807, 2.05) is 48.6 Å². The molecule has 0 radical (unpaired) electrons. The zero-order chi connectivity index (χ0) is 29.6. The number of aromatic nitrogens is 4. The zero-order valence-electron chi connectivity index (χ0n) is 24.1. The maximum atomic E-state index is 5.14. The molecule has 0 unspecified atom stereocenters. The second-order valence-electron chi connectivity index (χ2n) is 10.9. The van der Waals surface area contributed by atoms with E-state index in [4.69, 9.17) is 9.97 Å². The number of para-hydroxylation sites is 2. The minimum absolute atomic E-state index is 0.683. The minimum atomic E-state index is 0.683. The first-order chi connectivity index (χ1) is 21.7. The minimum Gasteiger partial charge on any atom is -0.315 e. The van der Waals surface area contributed by atoms with Gasteiger partial charge in [0.05, 0.1) is 27.6 Å². The van der Waals surface area contributed by atoms with Crippen molar-refractivity contribution in [3.63, 3.8) is 0 Å². The number of nitrogens with zero attached hydrogens (tertiary/aromatic N) is 4. The summed E-state index contributed by atoms with van der Waals surface area (Å²) in [6, 6.07) is 44.0. The van der Waals surface area contributed by atoms with E-state index in [0.29, 0.717) is 5.82 Å². The van der Waals surface area contributed by atoms with Crippen LogP contribution >= 0.6 is 0 Å². The van der Waals surface area contributed by atoms with Crippen LogP contribution in [-0.2, 0) is 0 Å². The summed E-state index contributed by atoms with van der Waals surface area (Å²) >= 11 is 0. The Morgan fingerprint density at radius 3 is 2.16 bits per heavy atom. The highest BCUT2D eigenvalue weighted by molar-refractivity contribution is 6.06. The molecule has 5 aromatic carbocycles. The average Bonchev–Trinajstić information content (AvgIpc) is 3.64. The monoisotopic (exact) mass is 564 g/mol. The van der Waals surface area contributed by atoms with E-state index in [1.165, 1.54) is 0 Å². The van der Waals surface area contributed by atoms with Gasteiger partial charge in [-0.05, 0) is 42.5 Å². The van der Waals surface area contributed by atoms with Gasteiger partial charge in [-0.15, -0.1) is 0 Å². The van der Waals surface area contributed by atoms with Crippen LogP contribution in [0.3, 0.4) is 0 Å². The molecule has 208 valence electrons. The number of rotatable bonds is 5. The molecular formula is C40H28N4. The Bertz CT molecular complexity index is 2470. The molecule has 44 heavy (non-hydrogen) atoms. The molecule has 4 heteroatoms. The van der Waals surface area contributed by atoms with Gasteiger partial charge in [0.25, 0.3) is 0 Å². The van der Waals surface area contributed by atoms with Gasteiger partial charge in [0.1, 0.15) is 0 Å². The Labute approximate surface area is 254 Å². The molecule has 3 aromatic heterocycles. The molecule has 0 N–H and O–H groups in total.